The number of hydrogen-bond donors (Lipinski definition) is 2. The molecule has 5 unspecified atom stereocenters. The number of nitrogens with one attached hydrogen (secondary N) is 2. The largest absolute Gasteiger partial charge is 0.349 e. The van der Waals surface area contributed by atoms with Gasteiger partial charge in [0.1, 0.15) is 0 Å². The van der Waals surface area contributed by atoms with E-state index in [9.17, 15) is 4.79 Å². The molecule has 1 aromatic carbocycles. The highest BCUT2D eigenvalue weighted by molar-refractivity contribution is 5.80. The average molecular weight is 403 g/mol. The normalized spacial score (nSPS) is 41.3. The lowest BCUT2D eigenvalue weighted by molar-refractivity contribution is -0.412. The Morgan fingerprint density at radius 1 is 1.17 bits per heavy atom. The highest BCUT2D eigenvalue weighted by Crippen LogP contribution is 2.93. The van der Waals surface area contributed by atoms with Gasteiger partial charge in [0.05, 0.1) is 12.7 Å². The Labute approximate surface area is 177 Å². The molecule has 4 saturated carbocycles. The number of nitrogens with zero attached hydrogens (tertiary/aromatic N) is 2. The summed E-state index contributed by atoms with van der Waals surface area (Å²) in [5.74, 6) is 2.52. The van der Waals surface area contributed by atoms with Gasteiger partial charge in [-0.1, -0.05) is 30.3 Å². The SMILES string of the molecule is O=C(CN1CCC(c2cn[nH]c2)CC1)NC12CC3CC4CC(c5ccccc5)(C1)C342. The molecule has 7 rings (SSSR count). The third-order valence-corrected chi connectivity index (χ3v) is 9.88. The Balaban J connectivity index is 1.02. The maximum absolute atomic E-state index is 13.1. The standard InChI is InChI=1S/C25H30N4O/c30-22(15-29-8-6-17(7-9-29)18-13-26-27-14-18)28-24-12-21-10-20-11-23(16-24,25(20,21)24)19-4-2-1-3-5-19/h1-5,13-14,17,20-21H,6-12,15-16H2,(H,26,27)(H,28,30). The first kappa shape index (κ1) is 17.5. The van der Waals surface area contributed by atoms with Crippen LogP contribution in [-0.4, -0.2) is 46.2 Å². The number of amides is 1. The molecular formula is C25H30N4O. The van der Waals surface area contributed by atoms with E-state index in [-0.39, 0.29) is 11.4 Å². The molecule has 5 fully saturated rings. The van der Waals surface area contributed by atoms with Crippen LogP contribution >= 0.6 is 0 Å². The van der Waals surface area contributed by atoms with Gasteiger partial charge in [-0.2, -0.15) is 5.10 Å². The molecule has 1 aromatic heterocycles. The summed E-state index contributed by atoms with van der Waals surface area (Å²) in [7, 11) is 0. The third-order valence-electron chi connectivity index (χ3n) is 9.88. The van der Waals surface area contributed by atoms with Crippen LogP contribution in [0.3, 0.4) is 0 Å². The molecule has 1 aliphatic heterocycles. The number of H-pyrrole nitrogens is 1. The molecule has 1 saturated heterocycles. The van der Waals surface area contributed by atoms with E-state index in [1.165, 1.54) is 30.4 Å². The summed E-state index contributed by atoms with van der Waals surface area (Å²) in [4.78, 5) is 15.4. The van der Waals surface area contributed by atoms with E-state index in [4.69, 9.17) is 0 Å². The number of hydrogen-bond acceptors (Lipinski definition) is 3. The van der Waals surface area contributed by atoms with Gasteiger partial charge in [-0.3, -0.25) is 14.8 Å². The Bertz CT molecular complexity index is 976. The molecule has 0 bridgehead atoms. The minimum absolute atomic E-state index is 0.0981. The van der Waals surface area contributed by atoms with Gasteiger partial charge >= 0.3 is 0 Å². The lowest BCUT2D eigenvalue weighted by atomic mass is 9.10. The number of likely N-dealkylation sites (tertiary alicyclic amines) is 1. The Kier molecular flexibility index (Phi) is 3.36. The number of aromatic amines is 1. The van der Waals surface area contributed by atoms with Crippen molar-refractivity contribution in [1.82, 2.24) is 20.4 Å². The van der Waals surface area contributed by atoms with Crippen molar-refractivity contribution in [3.05, 3.63) is 53.9 Å². The highest BCUT2D eigenvalue weighted by Gasteiger charge is 2.94. The highest BCUT2D eigenvalue weighted by atomic mass is 16.2. The smallest absolute Gasteiger partial charge is 0.234 e. The van der Waals surface area contributed by atoms with E-state index in [0.29, 0.717) is 23.3 Å². The predicted octanol–water partition coefficient (Wildman–Crippen LogP) is 3.22. The van der Waals surface area contributed by atoms with E-state index < -0.39 is 0 Å². The van der Waals surface area contributed by atoms with Crippen LogP contribution in [-0.2, 0) is 10.2 Å². The number of benzene rings is 1. The van der Waals surface area contributed by atoms with Crippen molar-refractivity contribution >= 4 is 5.91 Å². The summed E-state index contributed by atoms with van der Waals surface area (Å²) in [5, 5.41) is 10.6. The van der Waals surface area contributed by atoms with Gasteiger partial charge in [0.2, 0.25) is 5.91 Å². The number of carbonyl (C=O) groups is 1. The molecule has 5 atom stereocenters. The van der Waals surface area contributed by atoms with Crippen LogP contribution in [0.25, 0.3) is 0 Å². The van der Waals surface area contributed by atoms with Crippen LogP contribution in [0.1, 0.15) is 55.6 Å². The minimum Gasteiger partial charge on any atom is -0.349 e. The summed E-state index contributed by atoms with van der Waals surface area (Å²) in [6, 6.07) is 11.2. The molecule has 5 aliphatic rings. The zero-order valence-electron chi connectivity index (χ0n) is 17.4. The molecule has 4 aliphatic carbocycles. The lowest BCUT2D eigenvalue weighted by Gasteiger charge is -2.95. The predicted molar refractivity (Wildman–Crippen MR) is 114 cm³/mol. The van der Waals surface area contributed by atoms with E-state index in [0.717, 1.165) is 44.2 Å². The van der Waals surface area contributed by atoms with Gasteiger partial charge in [0.25, 0.3) is 0 Å². The lowest BCUT2D eigenvalue weighted by Crippen LogP contribution is -2.98. The fourth-order valence-electron chi connectivity index (χ4n) is 8.99. The molecule has 156 valence electrons. The summed E-state index contributed by atoms with van der Waals surface area (Å²) >= 11 is 0. The molecule has 1 amide bonds. The fraction of sp³-hybridized carbons (Fsp3) is 0.600. The molecule has 2 aromatic rings. The first-order valence-corrected chi connectivity index (χ1v) is 11.7. The summed E-state index contributed by atoms with van der Waals surface area (Å²) < 4.78 is 0. The quantitative estimate of drug-likeness (QED) is 0.807. The maximum Gasteiger partial charge on any atom is 0.234 e. The fourth-order valence-corrected chi connectivity index (χ4v) is 8.99. The van der Waals surface area contributed by atoms with Crippen LogP contribution in [0.15, 0.2) is 42.7 Å². The van der Waals surface area contributed by atoms with E-state index in [1.54, 1.807) is 0 Å². The van der Waals surface area contributed by atoms with Gasteiger partial charge < -0.3 is 5.32 Å². The Hall–Kier alpha value is -2.14. The second-order valence-corrected chi connectivity index (χ2v) is 10.7. The van der Waals surface area contributed by atoms with E-state index >= 15 is 0 Å². The van der Waals surface area contributed by atoms with Crippen molar-refractivity contribution < 1.29 is 4.79 Å². The van der Waals surface area contributed by atoms with Crippen molar-refractivity contribution in [2.24, 2.45) is 17.3 Å². The zero-order valence-corrected chi connectivity index (χ0v) is 17.4. The summed E-state index contributed by atoms with van der Waals surface area (Å²) in [5.41, 5.74) is 3.69. The number of rotatable bonds is 5. The van der Waals surface area contributed by atoms with Crippen LogP contribution < -0.4 is 5.32 Å². The van der Waals surface area contributed by atoms with Gasteiger partial charge in [-0.25, -0.2) is 0 Å². The average Bonchev–Trinajstić information content (AvgIpc) is 3.24. The second kappa shape index (κ2) is 5.76. The molecule has 0 radical (unpaired) electrons. The number of piperidine rings is 1. The van der Waals surface area contributed by atoms with Gasteiger partial charge in [0.15, 0.2) is 0 Å². The van der Waals surface area contributed by atoms with Crippen LogP contribution in [0.5, 0.6) is 0 Å². The first-order valence-electron chi connectivity index (χ1n) is 11.7. The maximum atomic E-state index is 13.1. The van der Waals surface area contributed by atoms with Crippen LogP contribution in [0, 0.1) is 17.3 Å². The minimum atomic E-state index is 0.0981. The molecule has 5 heteroatoms. The number of aromatic nitrogens is 2. The van der Waals surface area contributed by atoms with E-state index in [1.807, 2.05) is 12.4 Å². The van der Waals surface area contributed by atoms with Crippen molar-refractivity contribution in [2.45, 2.75) is 55.4 Å². The second-order valence-electron chi connectivity index (χ2n) is 10.7. The molecule has 2 N–H and O–H groups in total. The van der Waals surface area contributed by atoms with Gasteiger partial charge in [-0.15, -0.1) is 0 Å². The van der Waals surface area contributed by atoms with Gasteiger partial charge in [0, 0.05) is 22.6 Å². The number of carbonyl (C=O) groups excluding carboxylic acids is 1. The monoisotopic (exact) mass is 402 g/mol. The molecule has 1 spiro atoms. The Morgan fingerprint density at radius 2 is 1.97 bits per heavy atom. The topological polar surface area (TPSA) is 61.0 Å². The van der Waals surface area contributed by atoms with Crippen molar-refractivity contribution in [2.75, 3.05) is 19.6 Å². The van der Waals surface area contributed by atoms with Crippen LogP contribution in [0.2, 0.25) is 0 Å². The van der Waals surface area contributed by atoms with Crippen molar-refractivity contribution in [3.8, 4) is 0 Å². The third kappa shape index (κ3) is 1.89. The van der Waals surface area contributed by atoms with Crippen molar-refractivity contribution in [3.63, 3.8) is 0 Å². The van der Waals surface area contributed by atoms with Gasteiger partial charge in [-0.05, 0) is 80.5 Å². The van der Waals surface area contributed by atoms with E-state index in [2.05, 4.69) is 50.7 Å². The first-order chi connectivity index (χ1) is 14.7. The molecule has 2 heterocycles. The molecule has 5 nitrogen and oxygen atoms in total. The Morgan fingerprint density at radius 3 is 2.67 bits per heavy atom. The summed E-state index contributed by atoms with van der Waals surface area (Å²) in [6.07, 6.45) is 11.3. The molecule has 30 heavy (non-hydrogen) atoms. The van der Waals surface area contributed by atoms with Crippen LogP contribution in [0.4, 0.5) is 0 Å². The summed E-state index contributed by atoms with van der Waals surface area (Å²) in [6.45, 7) is 2.56. The van der Waals surface area contributed by atoms with Crippen molar-refractivity contribution in [1.29, 1.82) is 0 Å². The molecular weight excluding hydrogens is 372 g/mol. The zero-order chi connectivity index (χ0) is 20.0.